The van der Waals surface area contributed by atoms with Gasteiger partial charge in [-0.3, -0.25) is 9.69 Å². The quantitative estimate of drug-likeness (QED) is 0.543. The third-order valence-corrected chi connectivity index (χ3v) is 5.84. The highest BCUT2D eigenvalue weighted by Gasteiger charge is 2.21. The van der Waals surface area contributed by atoms with Gasteiger partial charge in [0.15, 0.2) is 0 Å². The van der Waals surface area contributed by atoms with Crippen LogP contribution >= 0.6 is 11.6 Å². The maximum absolute atomic E-state index is 12.3. The van der Waals surface area contributed by atoms with Crippen LogP contribution in [0.4, 0.5) is 5.69 Å². The van der Waals surface area contributed by atoms with Crippen LogP contribution in [-0.4, -0.2) is 30.0 Å². The molecular formula is C26H24ClN3O2. The topological polar surface area (TPSA) is 65.4 Å². The number of likely N-dealkylation sites (tertiary alicyclic amines) is 1. The maximum atomic E-state index is 12.3. The number of carbonyl (C=O) groups is 1. The average molecular weight is 446 g/mol. The molecule has 0 unspecified atom stereocenters. The van der Waals surface area contributed by atoms with Gasteiger partial charge in [-0.15, -0.1) is 0 Å². The number of hydrogen-bond acceptors (Lipinski definition) is 4. The monoisotopic (exact) mass is 445 g/mol. The highest BCUT2D eigenvalue weighted by Crippen LogP contribution is 2.30. The summed E-state index contributed by atoms with van der Waals surface area (Å²) in [4.78, 5) is 14.7. The van der Waals surface area contributed by atoms with Crippen LogP contribution < -0.4 is 10.1 Å². The first-order valence-corrected chi connectivity index (χ1v) is 11.0. The summed E-state index contributed by atoms with van der Waals surface area (Å²) in [6.07, 6.45) is 1.94. The van der Waals surface area contributed by atoms with Crippen LogP contribution in [0.25, 0.3) is 0 Å². The average Bonchev–Trinajstić information content (AvgIpc) is 2.83. The van der Waals surface area contributed by atoms with E-state index in [1.54, 1.807) is 18.2 Å². The highest BCUT2D eigenvalue weighted by molar-refractivity contribution is 6.32. The van der Waals surface area contributed by atoms with Crippen molar-refractivity contribution >= 4 is 23.2 Å². The van der Waals surface area contributed by atoms with Crippen LogP contribution in [0.1, 0.15) is 34.3 Å². The summed E-state index contributed by atoms with van der Waals surface area (Å²) in [5.41, 5.74) is 3.12. The number of hydrogen-bond donors (Lipinski definition) is 1. The van der Waals surface area contributed by atoms with Crippen LogP contribution in [-0.2, 0) is 6.54 Å². The second kappa shape index (κ2) is 10.3. The second-order valence-electron chi connectivity index (χ2n) is 7.87. The number of ether oxygens (including phenoxy) is 1. The molecule has 0 aromatic heterocycles. The van der Waals surface area contributed by atoms with Crippen LogP contribution in [0.3, 0.4) is 0 Å². The molecule has 1 aliphatic rings. The zero-order chi connectivity index (χ0) is 22.3. The fourth-order valence-corrected chi connectivity index (χ4v) is 4.00. The van der Waals surface area contributed by atoms with E-state index < -0.39 is 0 Å². The van der Waals surface area contributed by atoms with Crippen molar-refractivity contribution in [3.63, 3.8) is 0 Å². The number of piperidine rings is 1. The molecule has 0 atom stereocenters. The van der Waals surface area contributed by atoms with Gasteiger partial charge >= 0.3 is 0 Å². The predicted octanol–water partition coefficient (Wildman–Crippen LogP) is 5.51. The van der Waals surface area contributed by atoms with Gasteiger partial charge in [-0.25, -0.2) is 0 Å². The van der Waals surface area contributed by atoms with E-state index in [4.69, 9.17) is 21.6 Å². The van der Waals surface area contributed by atoms with E-state index in [1.165, 1.54) is 5.56 Å². The van der Waals surface area contributed by atoms with Crippen molar-refractivity contribution < 1.29 is 9.53 Å². The van der Waals surface area contributed by atoms with Crippen LogP contribution in [0.15, 0.2) is 72.8 Å². The lowest BCUT2D eigenvalue weighted by atomic mass is 10.1. The van der Waals surface area contributed by atoms with Crippen molar-refractivity contribution in [3.8, 4) is 11.8 Å². The molecule has 6 heteroatoms. The number of nitriles is 1. The molecule has 0 radical (unpaired) electrons. The van der Waals surface area contributed by atoms with E-state index in [2.05, 4.69) is 16.3 Å². The summed E-state index contributed by atoms with van der Waals surface area (Å²) < 4.78 is 6.15. The molecule has 0 bridgehead atoms. The maximum Gasteiger partial charge on any atom is 0.255 e. The standard InChI is InChI=1S/C26H24ClN3O2/c27-24-16-22(29-26(31)21-4-2-1-3-5-21)10-11-25(24)32-23-12-14-30(15-13-23)18-20-8-6-19(17-28)7-9-20/h1-11,16,23H,12-15,18H2,(H,29,31). The number of halogens is 1. The highest BCUT2D eigenvalue weighted by atomic mass is 35.5. The number of nitrogens with zero attached hydrogens (tertiary/aromatic N) is 2. The number of amides is 1. The Morgan fingerprint density at radius 3 is 2.44 bits per heavy atom. The lowest BCUT2D eigenvalue weighted by Gasteiger charge is -2.32. The van der Waals surface area contributed by atoms with Gasteiger partial charge in [0, 0.05) is 30.9 Å². The SMILES string of the molecule is N#Cc1ccc(CN2CCC(Oc3ccc(NC(=O)c4ccccc4)cc3Cl)CC2)cc1. The number of rotatable bonds is 6. The van der Waals surface area contributed by atoms with E-state index in [1.807, 2.05) is 54.6 Å². The summed E-state index contributed by atoms with van der Waals surface area (Å²) in [7, 11) is 0. The lowest BCUT2D eigenvalue weighted by Crippen LogP contribution is -2.37. The minimum Gasteiger partial charge on any atom is -0.489 e. The molecule has 1 heterocycles. The number of carbonyl (C=O) groups excluding carboxylic acids is 1. The largest absolute Gasteiger partial charge is 0.489 e. The van der Waals surface area contributed by atoms with E-state index >= 15 is 0 Å². The fourth-order valence-electron chi connectivity index (χ4n) is 3.77. The summed E-state index contributed by atoms with van der Waals surface area (Å²) in [6.45, 7) is 2.75. The lowest BCUT2D eigenvalue weighted by molar-refractivity contribution is 0.0968. The van der Waals surface area contributed by atoms with Crippen molar-refractivity contribution in [1.82, 2.24) is 4.90 Å². The van der Waals surface area contributed by atoms with Crippen LogP contribution in [0.2, 0.25) is 5.02 Å². The minimum atomic E-state index is -0.176. The Morgan fingerprint density at radius 2 is 1.78 bits per heavy atom. The normalized spacial score (nSPS) is 14.5. The molecule has 0 aliphatic carbocycles. The molecular weight excluding hydrogens is 422 g/mol. The van der Waals surface area contributed by atoms with Crippen LogP contribution in [0, 0.1) is 11.3 Å². The first-order valence-electron chi connectivity index (χ1n) is 10.6. The van der Waals surface area contributed by atoms with Gasteiger partial charge in [-0.1, -0.05) is 41.9 Å². The zero-order valence-corrected chi connectivity index (χ0v) is 18.4. The molecule has 3 aromatic rings. The molecule has 4 rings (SSSR count). The molecule has 5 nitrogen and oxygen atoms in total. The van der Waals surface area contributed by atoms with E-state index in [0.717, 1.165) is 32.5 Å². The van der Waals surface area contributed by atoms with Crippen molar-refractivity contribution in [2.45, 2.75) is 25.5 Å². The van der Waals surface area contributed by atoms with Crippen molar-refractivity contribution in [1.29, 1.82) is 5.26 Å². The van der Waals surface area contributed by atoms with Gasteiger partial charge in [0.25, 0.3) is 5.91 Å². The van der Waals surface area contributed by atoms with Gasteiger partial charge in [-0.05, 0) is 60.9 Å². The molecule has 3 aromatic carbocycles. The molecule has 1 aliphatic heterocycles. The fraction of sp³-hybridized carbons (Fsp3) is 0.231. The Labute approximate surface area is 193 Å². The smallest absolute Gasteiger partial charge is 0.255 e. The first kappa shape index (κ1) is 21.9. The Bertz CT molecular complexity index is 1100. The molecule has 32 heavy (non-hydrogen) atoms. The van der Waals surface area contributed by atoms with E-state index in [9.17, 15) is 4.79 Å². The molecule has 162 valence electrons. The van der Waals surface area contributed by atoms with Crippen molar-refractivity contribution in [2.24, 2.45) is 0 Å². The van der Waals surface area contributed by atoms with Crippen LogP contribution in [0.5, 0.6) is 5.75 Å². The molecule has 1 amide bonds. The van der Waals surface area contributed by atoms with Crippen molar-refractivity contribution in [2.75, 3.05) is 18.4 Å². The summed E-state index contributed by atoms with van der Waals surface area (Å²) in [6, 6.07) is 24.3. The Morgan fingerprint density at radius 1 is 1.06 bits per heavy atom. The third-order valence-electron chi connectivity index (χ3n) is 5.54. The first-order chi connectivity index (χ1) is 15.6. The summed E-state index contributed by atoms with van der Waals surface area (Å²) in [5, 5.41) is 12.3. The van der Waals surface area contributed by atoms with E-state index in [0.29, 0.717) is 27.6 Å². The number of nitrogens with one attached hydrogen (secondary N) is 1. The van der Waals surface area contributed by atoms with Gasteiger partial charge < -0.3 is 10.1 Å². The van der Waals surface area contributed by atoms with Gasteiger partial charge in [-0.2, -0.15) is 5.26 Å². The molecule has 1 saturated heterocycles. The number of anilines is 1. The summed E-state index contributed by atoms with van der Waals surface area (Å²) >= 11 is 6.43. The Balaban J connectivity index is 1.28. The van der Waals surface area contributed by atoms with E-state index in [-0.39, 0.29) is 12.0 Å². The molecule has 1 N–H and O–H groups in total. The summed E-state index contributed by atoms with van der Waals surface area (Å²) in [5.74, 6) is 0.458. The molecule has 0 saturated carbocycles. The van der Waals surface area contributed by atoms with Crippen molar-refractivity contribution in [3.05, 3.63) is 94.5 Å². The minimum absolute atomic E-state index is 0.106. The Kier molecular flexibility index (Phi) is 7.06. The Hall–Kier alpha value is -3.33. The second-order valence-corrected chi connectivity index (χ2v) is 8.27. The van der Waals surface area contributed by atoms with Gasteiger partial charge in [0.1, 0.15) is 11.9 Å². The van der Waals surface area contributed by atoms with Gasteiger partial charge in [0.2, 0.25) is 0 Å². The predicted molar refractivity (Wildman–Crippen MR) is 126 cm³/mol. The third kappa shape index (κ3) is 5.67. The molecule has 0 spiro atoms. The number of benzene rings is 3. The molecule has 1 fully saturated rings. The zero-order valence-electron chi connectivity index (χ0n) is 17.6. The van der Waals surface area contributed by atoms with Gasteiger partial charge in [0.05, 0.1) is 16.7 Å².